The van der Waals surface area contributed by atoms with Gasteiger partial charge in [-0.15, -0.1) is 0 Å². The van der Waals surface area contributed by atoms with Gasteiger partial charge in [-0.1, -0.05) is 41.6 Å². The first kappa shape index (κ1) is 18.0. The summed E-state index contributed by atoms with van der Waals surface area (Å²) in [5.74, 6) is 0.860. The Morgan fingerprint density at radius 2 is 1.89 bits per heavy atom. The van der Waals surface area contributed by atoms with Gasteiger partial charge in [0.05, 0.1) is 13.2 Å². The molecule has 0 radical (unpaired) electrons. The summed E-state index contributed by atoms with van der Waals surface area (Å²) in [6, 6.07) is 18.5. The van der Waals surface area contributed by atoms with E-state index in [-0.39, 0.29) is 6.29 Å². The summed E-state index contributed by atoms with van der Waals surface area (Å²) in [6.07, 6.45) is 3.29. The third-order valence-corrected chi connectivity index (χ3v) is 5.32. The summed E-state index contributed by atoms with van der Waals surface area (Å²) in [6.45, 7) is 3.90. The fourth-order valence-electron chi connectivity index (χ4n) is 2.90. The molecule has 138 valence electrons. The molecule has 1 aliphatic heterocycles. The second-order valence-electron chi connectivity index (χ2n) is 6.34. The highest BCUT2D eigenvalue weighted by molar-refractivity contribution is 7.99. The van der Waals surface area contributed by atoms with Crippen LogP contribution in [0.15, 0.2) is 76.8 Å². The highest BCUT2D eigenvalue weighted by Gasteiger charge is 2.21. The first-order chi connectivity index (χ1) is 13.3. The minimum atomic E-state index is -0.321. The zero-order valence-corrected chi connectivity index (χ0v) is 15.9. The van der Waals surface area contributed by atoms with Gasteiger partial charge < -0.3 is 14.2 Å². The van der Waals surface area contributed by atoms with Crippen molar-refractivity contribution in [3.05, 3.63) is 83.7 Å². The van der Waals surface area contributed by atoms with Gasteiger partial charge in [0.25, 0.3) is 0 Å². The van der Waals surface area contributed by atoms with Crippen molar-refractivity contribution in [2.24, 2.45) is 0 Å². The van der Waals surface area contributed by atoms with E-state index < -0.39 is 0 Å². The van der Waals surface area contributed by atoms with Crippen molar-refractivity contribution in [3.63, 3.8) is 0 Å². The van der Waals surface area contributed by atoms with Gasteiger partial charge in [-0.05, 0) is 42.8 Å². The van der Waals surface area contributed by atoms with Crippen LogP contribution in [-0.4, -0.2) is 18.2 Å². The Labute approximate surface area is 163 Å². The Hall–Kier alpha value is -2.34. The molecule has 1 aromatic heterocycles. The number of pyridine rings is 1. The van der Waals surface area contributed by atoms with Gasteiger partial charge in [0.15, 0.2) is 6.29 Å². The molecule has 27 heavy (non-hydrogen) atoms. The van der Waals surface area contributed by atoms with Crippen LogP contribution in [0.5, 0.6) is 5.75 Å². The van der Waals surface area contributed by atoms with Crippen LogP contribution < -0.4 is 4.74 Å². The number of hydrogen-bond acceptors (Lipinski definition) is 5. The topological polar surface area (TPSA) is 40.6 Å². The number of hydrogen-bond donors (Lipinski definition) is 0. The number of aromatic nitrogens is 1. The molecule has 0 bridgehead atoms. The maximum atomic E-state index is 5.90. The second kappa shape index (κ2) is 8.57. The third-order valence-electron chi connectivity index (χ3n) is 4.23. The van der Waals surface area contributed by atoms with Crippen LogP contribution in [0.25, 0.3) is 0 Å². The zero-order valence-electron chi connectivity index (χ0n) is 15.1. The van der Waals surface area contributed by atoms with Crippen molar-refractivity contribution in [1.29, 1.82) is 0 Å². The second-order valence-corrected chi connectivity index (χ2v) is 7.45. The van der Waals surface area contributed by atoms with E-state index >= 15 is 0 Å². The number of ether oxygens (including phenoxy) is 3. The molecule has 2 aromatic carbocycles. The summed E-state index contributed by atoms with van der Waals surface area (Å²) in [5.41, 5.74) is 3.39. The largest absolute Gasteiger partial charge is 0.489 e. The van der Waals surface area contributed by atoms with Gasteiger partial charge in [0.1, 0.15) is 12.4 Å². The molecule has 0 amide bonds. The fourth-order valence-corrected chi connectivity index (χ4v) is 3.82. The number of rotatable bonds is 6. The molecular formula is C22H21NO3S. The Morgan fingerprint density at radius 3 is 2.67 bits per heavy atom. The van der Waals surface area contributed by atoms with Crippen molar-refractivity contribution >= 4 is 11.8 Å². The summed E-state index contributed by atoms with van der Waals surface area (Å²) in [4.78, 5) is 6.43. The summed E-state index contributed by atoms with van der Waals surface area (Å²) in [5, 5.41) is 0. The molecule has 0 atom stereocenters. The minimum absolute atomic E-state index is 0.321. The fraction of sp³-hybridized carbons (Fsp3) is 0.227. The molecule has 0 aliphatic carbocycles. The Morgan fingerprint density at radius 1 is 1.07 bits per heavy atom. The van der Waals surface area contributed by atoms with Crippen LogP contribution in [0.4, 0.5) is 0 Å². The lowest BCUT2D eigenvalue weighted by atomic mass is 10.1. The number of benzene rings is 2. The standard InChI is InChI=1S/C22H21NO3S/c1-16-3-2-4-17(13-16)15-26-18-5-7-19(8-6-18)27-21-9-10-23-14-20(21)22-24-11-12-25-22/h2-10,13-14,22H,11-12,15H2,1H3. The quantitative estimate of drug-likeness (QED) is 0.591. The van der Waals surface area contributed by atoms with E-state index in [1.165, 1.54) is 11.1 Å². The van der Waals surface area contributed by atoms with E-state index in [4.69, 9.17) is 14.2 Å². The van der Waals surface area contributed by atoms with Crippen LogP contribution in [0.3, 0.4) is 0 Å². The highest BCUT2D eigenvalue weighted by Crippen LogP contribution is 2.36. The summed E-state index contributed by atoms with van der Waals surface area (Å²) in [7, 11) is 0. The van der Waals surface area contributed by atoms with Gasteiger partial charge in [-0.2, -0.15) is 0 Å². The van der Waals surface area contributed by atoms with Crippen molar-refractivity contribution in [2.75, 3.05) is 13.2 Å². The van der Waals surface area contributed by atoms with Gasteiger partial charge in [-0.25, -0.2) is 0 Å². The van der Waals surface area contributed by atoms with E-state index in [1.807, 2.05) is 24.4 Å². The Bertz CT molecular complexity index is 892. The van der Waals surface area contributed by atoms with E-state index in [1.54, 1.807) is 18.0 Å². The maximum Gasteiger partial charge on any atom is 0.186 e. The number of nitrogens with zero attached hydrogens (tertiary/aromatic N) is 1. The van der Waals surface area contributed by atoms with E-state index in [0.717, 1.165) is 21.1 Å². The van der Waals surface area contributed by atoms with Crippen molar-refractivity contribution < 1.29 is 14.2 Å². The molecular weight excluding hydrogens is 358 g/mol. The van der Waals surface area contributed by atoms with Crippen LogP contribution in [0.2, 0.25) is 0 Å². The molecule has 0 N–H and O–H groups in total. The molecule has 4 nitrogen and oxygen atoms in total. The molecule has 1 saturated heterocycles. The molecule has 1 aliphatic rings. The van der Waals surface area contributed by atoms with Crippen molar-refractivity contribution in [2.45, 2.75) is 29.6 Å². The molecule has 0 saturated carbocycles. The van der Waals surface area contributed by atoms with E-state index in [9.17, 15) is 0 Å². The lowest BCUT2D eigenvalue weighted by Crippen LogP contribution is -2.00. The average Bonchev–Trinajstić information content (AvgIpc) is 3.23. The Kier molecular flexibility index (Phi) is 5.72. The normalized spacial score (nSPS) is 14.4. The lowest BCUT2D eigenvalue weighted by molar-refractivity contribution is -0.0462. The van der Waals surface area contributed by atoms with Gasteiger partial charge in [0, 0.05) is 27.7 Å². The molecule has 3 aromatic rings. The molecule has 5 heteroatoms. The van der Waals surface area contributed by atoms with Crippen LogP contribution in [0.1, 0.15) is 23.0 Å². The molecule has 0 unspecified atom stereocenters. The molecule has 2 heterocycles. The minimum Gasteiger partial charge on any atom is -0.489 e. The van der Waals surface area contributed by atoms with Crippen LogP contribution in [-0.2, 0) is 16.1 Å². The van der Waals surface area contributed by atoms with Gasteiger partial charge in [-0.3, -0.25) is 4.98 Å². The highest BCUT2D eigenvalue weighted by atomic mass is 32.2. The molecule has 0 spiro atoms. The number of aryl methyl sites for hydroxylation is 1. The predicted molar refractivity (Wildman–Crippen MR) is 105 cm³/mol. The van der Waals surface area contributed by atoms with Crippen LogP contribution >= 0.6 is 11.8 Å². The maximum absolute atomic E-state index is 5.90. The first-order valence-corrected chi connectivity index (χ1v) is 9.73. The smallest absolute Gasteiger partial charge is 0.186 e. The third kappa shape index (κ3) is 4.69. The predicted octanol–water partition coefficient (Wildman–Crippen LogP) is 5.17. The van der Waals surface area contributed by atoms with Crippen molar-refractivity contribution in [1.82, 2.24) is 4.98 Å². The first-order valence-electron chi connectivity index (χ1n) is 8.91. The van der Waals surface area contributed by atoms with E-state index in [2.05, 4.69) is 48.3 Å². The molecule has 1 fully saturated rings. The van der Waals surface area contributed by atoms with Gasteiger partial charge in [0.2, 0.25) is 0 Å². The van der Waals surface area contributed by atoms with Crippen molar-refractivity contribution in [3.8, 4) is 5.75 Å². The SMILES string of the molecule is Cc1cccc(COc2ccc(Sc3ccncc3C3OCCO3)cc2)c1. The lowest BCUT2D eigenvalue weighted by Gasteiger charge is -2.13. The summed E-state index contributed by atoms with van der Waals surface area (Å²) < 4.78 is 17.1. The zero-order chi connectivity index (χ0) is 18.5. The van der Waals surface area contributed by atoms with Gasteiger partial charge >= 0.3 is 0 Å². The monoisotopic (exact) mass is 379 g/mol. The van der Waals surface area contributed by atoms with Crippen LogP contribution in [0, 0.1) is 6.92 Å². The van der Waals surface area contributed by atoms with E-state index in [0.29, 0.717) is 19.8 Å². The Balaban J connectivity index is 1.41. The average molecular weight is 379 g/mol. The summed E-state index contributed by atoms with van der Waals surface area (Å²) >= 11 is 1.67. The molecule has 4 rings (SSSR count).